The molecule has 31 heavy (non-hydrogen) atoms. The Morgan fingerprint density at radius 1 is 1.10 bits per heavy atom. The normalized spacial score (nSPS) is 13.5. The van der Waals surface area contributed by atoms with Gasteiger partial charge in [-0.2, -0.15) is 0 Å². The number of hydrogen-bond acceptors (Lipinski definition) is 4. The second-order valence-electron chi connectivity index (χ2n) is 7.71. The van der Waals surface area contributed by atoms with E-state index in [0.29, 0.717) is 42.7 Å². The van der Waals surface area contributed by atoms with Gasteiger partial charge in [0, 0.05) is 23.5 Å². The number of hydrogen-bond donors (Lipinski definition) is 1. The summed E-state index contributed by atoms with van der Waals surface area (Å²) in [7, 11) is -3.47. The number of carbonyl (C=O) groups excluding carboxylic acids is 2. The molecule has 0 atom stereocenters. The van der Waals surface area contributed by atoms with Crippen molar-refractivity contribution in [1.29, 1.82) is 0 Å². The molecule has 1 aliphatic heterocycles. The first-order valence-corrected chi connectivity index (χ1v) is 12.3. The smallest absolute Gasteiger partial charge is 0.255 e. The van der Waals surface area contributed by atoms with Crippen molar-refractivity contribution in [2.24, 2.45) is 0 Å². The molecule has 0 saturated heterocycles. The molecule has 2 aromatic rings. The lowest BCUT2D eigenvalue weighted by Crippen LogP contribution is -2.40. The SMILES string of the molecule is CCCCCS(=O)(=O)CC(=O)N1CCCc2c(NC(=O)c3ccc(F)cc3)cccc21. The largest absolute Gasteiger partial charge is 0.322 e. The molecular formula is C23H27FN2O4S. The number of amides is 2. The number of unbranched alkanes of at least 4 members (excludes halogenated alkanes) is 2. The van der Waals surface area contributed by atoms with Gasteiger partial charge in [0.25, 0.3) is 5.91 Å². The number of benzene rings is 2. The predicted octanol–water partition coefficient (Wildman–Crippen LogP) is 3.96. The average molecular weight is 447 g/mol. The quantitative estimate of drug-likeness (QED) is 0.622. The van der Waals surface area contributed by atoms with Crippen LogP contribution in [0, 0.1) is 5.82 Å². The van der Waals surface area contributed by atoms with Crippen molar-refractivity contribution < 1.29 is 22.4 Å². The Morgan fingerprint density at radius 3 is 2.55 bits per heavy atom. The van der Waals surface area contributed by atoms with E-state index < -0.39 is 27.3 Å². The summed E-state index contributed by atoms with van der Waals surface area (Å²) < 4.78 is 37.8. The molecule has 3 rings (SSSR count). The number of carbonyl (C=O) groups is 2. The maximum absolute atomic E-state index is 13.1. The van der Waals surface area contributed by atoms with Crippen molar-refractivity contribution in [3.63, 3.8) is 0 Å². The molecule has 0 fully saturated rings. The lowest BCUT2D eigenvalue weighted by Gasteiger charge is -2.31. The van der Waals surface area contributed by atoms with Crippen LogP contribution in [0.3, 0.4) is 0 Å². The first kappa shape index (κ1) is 22.9. The third-order valence-electron chi connectivity index (χ3n) is 5.31. The minimum atomic E-state index is -3.47. The van der Waals surface area contributed by atoms with Crippen LogP contribution in [-0.4, -0.2) is 38.3 Å². The van der Waals surface area contributed by atoms with E-state index in [1.807, 2.05) is 6.92 Å². The molecule has 0 bridgehead atoms. The Bertz CT molecular complexity index is 1050. The molecule has 166 valence electrons. The van der Waals surface area contributed by atoms with Crippen LogP contribution >= 0.6 is 0 Å². The number of sulfone groups is 1. The van der Waals surface area contributed by atoms with Crippen LogP contribution < -0.4 is 10.2 Å². The Morgan fingerprint density at radius 2 is 1.84 bits per heavy atom. The van der Waals surface area contributed by atoms with Crippen LogP contribution in [0.4, 0.5) is 15.8 Å². The van der Waals surface area contributed by atoms with Crippen molar-refractivity contribution in [2.45, 2.75) is 39.0 Å². The van der Waals surface area contributed by atoms with E-state index in [9.17, 15) is 22.4 Å². The van der Waals surface area contributed by atoms with Gasteiger partial charge in [-0.1, -0.05) is 25.8 Å². The van der Waals surface area contributed by atoms with Gasteiger partial charge in [-0.3, -0.25) is 9.59 Å². The molecule has 0 saturated carbocycles. The minimum absolute atomic E-state index is 0.0149. The predicted molar refractivity (Wildman–Crippen MR) is 120 cm³/mol. The number of anilines is 2. The molecule has 0 aliphatic carbocycles. The lowest BCUT2D eigenvalue weighted by atomic mass is 9.99. The second kappa shape index (κ2) is 10.0. The Balaban J connectivity index is 1.77. The van der Waals surface area contributed by atoms with Gasteiger partial charge in [-0.15, -0.1) is 0 Å². The first-order chi connectivity index (χ1) is 14.8. The minimum Gasteiger partial charge on any atom is -0.322 e. The summed E-state index contributed by atoms with van der Waals surface area (Å²) in [5.41, 5.74) is 2.30. The van der Waals surface area contributed by atoms with Crippen LogP contribution in [0.15, 0.2) is 42.5 Å². The van der Waals surface area contributed by atoms with Gasteiger partial charge in [-0.05, 0) is 61.2 Å². The van der Waals surface area contributed by atoms with E-state index in [-0.39, 0.29) is 11.7 Å². The van der Waals surface area contributed by atoms with Gasteiger partial charge in [0.2, 0.25) is 5.91 Å². The van der Waals surface area contributed by atoms with Crippen LogP contribution in [0.2, 0.25) is 0 Å². The summed E-state index contributed by atoms with van der Waals surface area (Å²) in [4.78, 5) is 26.9. The van der Waals surface area contributed by atoms with E-state index >= 15 is 0 Å². The van der Waals surface area contributed by atoms with Gasteiger partial charge in [0.05, 0.1) is 5.75 Å². The van der Waals surface area contributed by atoms with Gasteiger partial charge >= 0.3 is 0 Å². The third kappa shape index (κ3) is 5.91. The molecular weight excluding hydrogens is 419 g/mol. The Labute approximate surface area is 182 Å². The monoisotopic (exact) mass is 446 g/mol. The maximum Gasteiger partial charge on any atom is 0.255 e. The molecule has 8 heteroatoms. The van der Waals surface area contributed by atoms with Gasteiger partial charge in [0.15, 0.2) is 9.84 Å². The van der Waals surface area contributed by atoms with E-state index in [0.717, 1.165) is 18.4 Å². The van der Waals surface area contributed by atoms with Gasteiger partial charge in [0.1, 0.15) is 11.6 Å². The van der Waals surface area contributed by atoms with Crippen LogP contribution in [0.5, 0.6) is 0 Å². The number of halogens is 1. The van der Waals surface area contributed by atoms with Crippen LogP contribution in [-0.2, 0) is 21.1 Å². The molecule has 6 nitrogen and oxygen atoms in total. The van der Waals surface area contributed by atoms with Crippen molar-refractivity contribution in [3.05, 3.63) is 59.4 Å². The second-order valence-corrected chi connectivity index (χ2v) is 9.90. The molecule has 0 unspecified atom stereocenters. The summed E-state index contributed by atoms with van der Waals surface area (Å²) in [6.45, 7) is 2.43. The summed E-state index contributed by atoms with van der Waals surface area (Å²) in [5, 5.41) is 2.83. The summed E-state index contributed by atoms with van der Waals surface area (Å²) in [6, 6.07) is 10.5. The molecule has 1 heterocycles. The number of fused-ring (bicyclic) bond motifs is 1. The zero-order valence-electron chi connectivity index (χ0n) is 17.6. The highest BCUT2D eigenvalue weighted by Gasteiger charge is 2.28. The molecule has 0 aromatic heterocycles. The molecule has 0 radical (unpaired) electrons. The van der Waals surface area contributed by atoms with Crippen LogP contribution in [0.1, 0.15) is 48.5 Å². The van der Waals surface area contributed by atoms with Crippen molar-refractivity contribution >= 4 is 33.0 Å². The highest BCUT2D eigenvalue weighted by atomic mass is 32.2. The highest BCUT2D eigenvalue weighted by Crippen LogP contribution is 2.33. The zero-order valence-corrected chi connectivity index (χ0v) is 18.4. The number of nitrogens with zero attached hydrogens (tertiary/aromatic N) is 1. The fourth-order valence-electron chi connectivity index (χ4n) is 3.71. The molecule has 1 N–H and O–H groups in total. The van der Waals surface area contributed by atoms with Crippen molar-refractivity contribution in [3.8, 4) is 0 Å². The molecule has 2 amide bonds. The standard InChI is InChI=1S/C23H27FN2O4S/c1-2-3-4-15-31(29,30)16-22(27)26-14-6-7-19-20(8-5-9-21(19)26)25-23(28)17-10-12-18(24)13-11-17/h5,8-13H,2-4,6-7,14-16H2,1H3,(H,25,28). The molecule has 1 aliphatic rings. The van der Waals surface area contributed by atoms with Crippen molar-refractivity contribution in [1.82, 2.24) is 0 Å². The van der Waals surface area contributed by atoms with Crippen molar-refractivity contribution in [2.75, 3.05) is 28.3 Å². The summed E-state index contributed by atoms with van der Waals surface area (Å²) >= 11 is 0. The summed E-state index contributed by atoms with van der Waals surface area (Å²) in [5.74, 6) is -1.74. The maximum atomic E-state index is 13.1. The lowest BCUT2D eigenvalue weighted by molar-refractivity contribution is -0.116. The topological polar surface area (TPSA) is 83.6 Å². The van der Waals surface area contributed by atoms with Crippen LogP contribution in [0.25, 0.3) is 0 Å². The number of nitrogens with one attached hydrogen (secondary N) is 1. The van der Waals surface area contributed by atoms with E-state index in [4.69, 9.17) is 0 Å². The number of rotatable bonds is 8. The van der Waals surface area contributed by atoms with Gasteiger partial charge < -0.3 is 10.2 Å². The summed E-state index contributed by atoms with van der Waals surface area (Å²) in [6.07, 6.45) is 3.61. The first-order valence-electron chi connectivity index (χ1n) is 10.5. The Kier molecular flexibility index (Phi) is 7.43. The molecule has 2 aromatic carbocycles. The zero-order chi connectivity index (χ0) is 22.4. The fraction of sp³-hybridized carbons (Fsp3) is 0.391. The third-order valence-corrected chi connectivity index (χ3v) is 6.91. The highest BCUT2D eigenvalue weighted by molar-refractivity contribution is 7.92. The van der Waals surface area contributed by atoms with E-state index in [2.05, 4.69) is 5.32 Å². The Hall–Kier alpha value is -2.74. The van der Waals surface area contributed by atoms with E-state index in [1.165, 1.54) is 29.2 Å². The fourth-order valence-corrected chi connectivity index (χ4v) is 5.03. The van der Waals surface area contributed by atoms with E-state index in [1.54, 1.807) is 18.2 Å². The molecule has 0 spiro atoms. The van der Waals surface area contributed by atoms with Gasteiger partial charge in [-0.25, -0.2) is 12.8 Å². The average Bonchev–Trinajstić information content (AvgIpc) is 2.73.